The van der Waals surface area contributed by atoms with Crippen LogP contribution in [0.4, 0.5) is 0 Å². The number of aromatic nitrogens is 3. The summed E-state index contributed by atoms with van der Waals surface area (Å²) in [5.41, 5.74) is 4.09. The monoisotopic (exact) mass is 682 g/mol. The Morgan fingerprint density at radius 2 is 1.67 bits per heavy atom. The van der Waals surface area contributed by atoms with Crippen LogP contribution in [0, 0.1) is 6.92 Å². The Labute approximate surface area is 286 Å². The molecule has 2 amide bonds. The van der Waals surface area contributed by atoms with Crippen LogP contribution in [-0.4, -0.2) is 64.4 Å². The van der Waals surface area contributed by atoms with Gasteiger partial charge in [0, 0.05) is 23.7 Å². The lowest BCUT2D eigenvalue weighted by atomic mass is 10.0. The van der Waals surface area contributed by atoms with Gasteiger partial charge in [0.2, 0.25) is 0 Å². The summed E-state index contributed by atoms with van der Waals surface area (Å²) in [5, 5.41) is 20.7. The SMILES string of the molecule is COc1ccc([C@H]2CC(c3cccs3)=NN2C(=O)CSc2nnc(CNC(=O)c3cc(OC)cc(OC)c3)n2-c2cccc(C)c2)cc1. The first kappa shape index (κ1) is 32.8. The first-order valence-electron chi connectivity index (χ1n) is 15.1. The average Bonchev–Trinajstić information content (AvgIpc) is 3.90. The van der Waals surface area contributed by atoms with E-state index in [9.17, 15) is 9.59 Å². The number of hydrogen-bond donors (Lipinski definition) is 1. The van der Waals surface area contributed by atoms with Gasteiger partial charge in [-0.05, 0) is 65.9 Å². The quantitative estimate of drug-likeness (QED) is 0.158. The van der Waals surface area contributed by atoms with Crippen molar-refractivity contribution in [3.8, 4) is 22.9 Å². The minimum Gasteiger partial charge on any atom is -0.497 e. The van der Waals surface area contributed by atoms with E-state index in [1.165, 1.54) is 26.0 Å². The van der Waals surface area contributed by atoms with Crippen LogP contribution in [0.2, 0.25) is 0 Å². The van der Waals surface area contributed by atoms with E-state index in [4.69, 9.17) is 19.3 Å². The Balaban J connectivity index is 1.23. The number of aryl methyl sites for hydroxylation is 1. The van der Waals surface area contributed by atoms with E-state index in [2.05, 4.69) is 15.5 Å². The predicted molar refractivity (Wildman–Crippen MR) is 186 cm³/mol. The number of methoxy groups -OCH3 is 3. The summed E-state index contributed by atoms with van der Waals surface area (Å²) in [6, 6.07) is 24.4. The molecule has 0 bridgehead atoms. The topological polar surface area (TPSA) is 120 Å². The molecule has 2 aromatic heterocycles. The largest absolute Gasteiger partial charge is 0.497 e. The number of amides is 2. The van der Waals surface area contributed by atoms with Gasteiger partial charge in [-0.25, -0.2) is 5.01 Å². The molecule has 0 saturated carbocycles. The Morgan fingerprint density at radius 3 is 2.33 bits per heavy atom. The molecule has 1 aliphatic heterocycles. The fourth-order valence-electron chi connectivity index (χ4n) is 5.34. The number of thiophene rings is 1. The average molecular weight is 683 g/mol. The highest BCUT2D eigenvalue weighted by molar-refractivity contribution is 7.99. The smallest absolute Gasteiger partial charge is 0.253 e. The molecule has 0 saturated heterocycles. The standard InChI is InChI=1S/C35H34N6O5S2/c1-22-7-5-8-25(15-22)40-32(20-36-34(43)24-16-27(45-3)18-28(17-24)46-4)37-38-35(40)48-21-33(42)41-30(23-10-12-26(44-2)13-11-23)19-29(39-41)31-9-6-14-47-31/h5-18,30H,19-21H2,1-4H3,(H,36,43)/t30-/m1/s1. The van der Waals surface area contributed by atoms with Gasteiger partial charge in [-0.3, -0.25) is 14.2 Å². The summed E-state index contributed by atoms with van der Waals surface area (Å²) in [7, 11) is 4.69. The number of nitrogens with zero attached hydrogens (tertiary/aromatic N) is 5. The van der Waals surface area contributed by atoms with E-state index in [0.29, 0.717) is 34.5 Å². The van der Waals surface area contributed by atoms with Gasteiger partial charge in [-0.15, -0.1) is 21.5 Å². The summed E-state index contributed by atoms with van der Waals surface area (Å²) >= 11 is 2.87. The second kappa shape index (κ2) is 14.7. The first-order chi connectivity index (χ1) is 23.4. The maximum Gasteiger partial charge on any atom is 0.253 e. The molecule has 1 atom stereocenters. The highest BCUT2D eigenvalue weighted by atomic mass is 32.2. The second-order valence-electron chi connectivity index (χ2n) is 10.9. The van der Waals surface area contributed by atoms with E-state index in [0.717, 1.165) is 33.2 Å². The second-order valence-corrected chi connectivity index (χ2v) is 12.8. The van der Waals surface area contributed by atoms with Crippen molar-refractivity contribution in [2.45, 2.75) is 31.1 Å². The van der Waals surface area contributed by atoms with Crippen LogP contribution in [-0.2, 0) is 11.3 Å². The van der Waals surface area contributed by atoms with Gasteiger partial charge in [0.1, 0.15) is 17.2 Å². The summed E-state index contributed by atoms with van der Waals surface area (Å²) in [6.45, 7) is 2.09. The van der Waals surface area contributed by atoms with Crippen molar-refractivity contribution in [3.63, 3.8) is 0 Å². The molecule has 0 unspecified atom stereocenters. The van der Waals surface area contributed by atoms with Gasteiger partial charge in [-0.2, -0.15) is 5.10 Å². The zero-order valence-electron chi connectivity index (χ0n) is 26.9. The van der Waals surface area contributed by atoms with Gasteiger partial charge >= 0.3 is 0 Å². The summed E-state index contributed by atoms with van der Waals surface area (Å²) in [5.74, 6) is 1.86. The molecule has 5 aromatic rings. The molecule has 48 heavy (non-hydrogen) atoms. The van der Waals surface area contributed by atoms with E-state index >= 15 is 0 Å². The summed E-state index contributed by atoms with van der Waals surface area (Å²) < 4.78 is 17.8. The zero-order chi connectivity index (χ0) is 33.6. The number of nitrogens with one attached hydrogen (secondary N) is 1. The number of carbonyl (C=O) groups excluding carboxylic acids is 2. The Morgan fingerprint density at radius 1 is 0.917 bits per heavy atom. The van der Waals surface area contributed by atoms with Gasteiger partial charge in [0.15, 0.2) is 11.0 Å². The molecule has 1 N–H and O–H groups in total. The van der Waals surface area contributed by atoms with E-state index < -0.39 is 0 Å². The van der Waals surface area contributed by atoms with Crippen molar-refractivity contribution >= 4 is 40.6 Å². The van der Waals surface area contributed by atoms with Crippen LogP contribution in [0.1, 0.15) is 44.6 Å². The highest BCUT2D eigenvalue weighted by Crippen LogP contribution is 2.35. The van der Waals surface area contributed by atoms with Crippen LogP contribution in [0.15, 0.2) is 94.5 Å². The van der Waals surface area contributed by atoms with E-state index in [1.807, 2.05) is 77.5 Å². The molecule has 0 fully saturated rings. The van der Waals surface area contributed by atoms with Crippen molar-refractivity contribution in [2.75, 3.05) is 27.1 Å². The minimum absolute atomic E-state index is 0.0772. The van der Waals surface area contributed by atoms with Gasteiger partial charge < -0.3 is 19.5 Å². The molecule has 0 spiro atoms. The van der Waals surface area contributed by atoms with Crippen LogP contribution < -0.4 is 19.5 Å². The van der Waals surface area contributed by atoms with Gasteiger partial charge in [-0.1, -0.05) is 42.1 Å². The molecule has 3 heterocycles. The number of thioether (sulfide) groups is 1. The van der Waals surface area contributed by atoms with Crippen LogP contribution in [0.5, 0.6) is 17.2 Å². The normalized spacial score (nSPS) is 14.0. The molecular formula is C35H34N6O5S2. The number of hydrogen-bond acceptors (Lipinski definition) is 10. The van der Waals surface area contributed by atoms with Crippen LogP contribution in [0.25, 0.3) is 5.69 Å². The van der Waals surface area contributed by atoms with Crippen molar-refractivity contribution < 1.29 is 23.8 Å². The third-order valence-corrected chi connectivity index (χ3v) is 9.61. The van der Waals surface area contributed by atoms with Crippen LogP contribution in [0.3, 0.4) is 0 Å². The lowest BCUT2D eigenvalue weighted by Gasteiger charge is -2.22. The number of ether oxygens (including phenoxy) is 3. The molecule has 11 nitrogen and oxygen atoms in total. The summed E-state index contributed by atoms with van der Waals surface area (Å²) in [4.78, 5) is 28.1. The number of carbonyl (C=O) groups is 2. The molecule has 0 aliphatic carbocycles. The predicted octanol–water partition coefficient (Wildman–Crippen LogP) is 6.06. The third-order valence-electron chi connectivity index (χ3n) is 7.78. The molecule has 0 radical (unpaired) electrons. The number of hydrazone groups is 1. The molecule has 6 rings (SSSR count). The highest BCUT2D eigenvalue weighted by Gasteiger charge is 2.34. The summed E-state index contributed by atoms with van der Waals surface area (Å²) in [6.07, 6.45) is 0.603. The molecule has 3 aromatic carbocycles. The van der Waals surface area contributed by atoms with Crippen molar-refractivity contribution in [1.29, 1.82) is 0 Å². The van der Waals surface area contributed by atoms with Crippen LogP contribution >= 0.6 is 23.1 Å². The molecule has 13 heteroatoms. The lowest BCUT2D eigenvalue weighted by Crippen LogP contribution is -2.28. The van der Waals surface area contributed by atoms with Gasteiger partial charge in [0.05, 0.1) is 50.3 Å². The Hall–Kier alpha value is -5.14. The van der Waals surface area contributed by atoms with Crippen molar-refractivity contribution in [3.05, 3.63) is 112 Å². The molecular weight excluding hydrogens is 649 g/mol. The van der Waals surface area contributed by atoms with Crippen molar-refractivity contribution in [1.82, 2.24) is 25.1 Å². The van der Waals surface area contributed by atoms with E-state index in [1.54, 1.807) is 41.7 Å². The maximum absolute atomic E-state index is 13.9. The molecule has 246 valence electrons. The third kappa shape index (κ3) is 7.21. The molecule has 1 aliphatic rings. The fourth-order valence-corrected chi connectivity index (χ4v) is 6.89. The van der Waals surface area contributed by atoms with Gasteiger partial charge in [0.25, 0.3) is 11.8 Å². The maximum atomic E-state index is 13.9. The Kier molecular flexibility index (Phi) is 10.1. The fraction of sp³-hybridized carbons (Fsp3) is 0.229. The number of benzene rings is 3. The lowest BCUT2D eigenvalue weighted by molar-refractivity contribution is -0.130. The first-order valence-corrected chi connectivity index (χ1v) is 17.0. The number of rotatable bonds is 12. The minimum atomic E-state index is -0.326. The zero-order valence-corrected chi connectivity index (χ0v) is 28.5. The Bertz CT molecular complexity index is 1920. The van der Waals surface area contributed by atoms with Crippen molar-refractivity contribution in [2.24, 2.45) is 5.10 Å². The van der Waals surface area contributed by atoms with E-state index in [-0.39, 0.29) is 30.2 Å².